The van der Waals surface area contributed by atoms with Crippen LogP contribution in [0.1, 0.15) is 29.0 Å². The number of fused-ring (bicyclic) bond motifs is 1. The number of aromatic nitrogens is 2. The van der Waals surface area contributed by atoms with Gasteiger partial charge in [0.2, 0.25) is 5.91 Å². The van der Waals surface area contributed by atoms with Gasteiger partial charge in [-0.2, -0.15) is 5.10 Å². The molecule has 166 valence electrons. The fraction of sp³-hybridized carbons (Fsp3) is 0.261. The Labute approximate surface area is 190 Å². The third kappa shape index (κ3) is 4.43. The number of nitrogens with two attached hydrogens (primary N) is 1. The van der Waals surface area contributed by atoms with Crippen LogP contribution in [0.3, 0.4) is 0 Å². The van der Waals surface area contributed by atoms with Crippen molar-refractivity contribution in [1.82, 2.24) is 9.78 Å². The summed E-state index contributed by atoms with van der Waals surface area (Å²) in [5.74, 6) is 1.29. The van der Waals surface area contributed by atoms with Crippen molar-refractivity contribution in [2.24, 2.45) is 5.73 Å². The Bertz CT molecular complexity index is 1150. The number of carbonyl (C=O) groups excluding carboxylic acids is 2. The maximum absolute atomic E-state index is 12.5. The standard InChI is InChI=1S/C23H24N4O4S/c1-3-30-18-11-15(9-10-17(18)31-12-19(24)28)22-21-14(2)26-27(16-7-5-4-6-8-16)23(21)25-20(29)13-32-22/h4-11,22H,3,12-13H2,1-2H3,(H2,24,28)(H,25,29)/t22-/m1/s1. The average Bonchev–Trinajstić information content (AvgIpc) is 2.98. The molecule has 9 heteroatoms. The molecule has 2 aromatic carbocycles. The zero-order valence-electron chi connectivity index (χ0n) is 17.8. The minimum Gasteiger partial charge on any atom is -0.490 e. The summed E-state index contributed by atoms with van der Waals surface area (Å²) in [5, 5.41) is 7.60. The van der Waals surface area contributed by atoms with E-state index >= 15 is 0 Å². The number of primary amides is 1. The van der Waals surface area contributed by atoms with E-state index in [9.17, 15) is 9.59 Å². The van der Waals surface area contributed by atoms with Crippen LogP contribution in [-0.4, -0.2) is 40.6 Å². The van der Waals surface area contributed by atoms with Gasteiger partial charge < -0.3 is 20.5 Å². The second kappa shape index (κ2) is 9.35. The van der Waals surface area contributed by atoms with Gasteiger partial charge in [0.15, 0.2) is 18.1 Å². The second-order valence-corrected chi connectivity index (χ2v) is 8.32. The van der Waals surface area contributed by atoms with Gasteiger partial charge in [-0.15, -0.1) is 11.8 Å². The van der Waals surface area contributed by atoms with Gasteiger partial charge in [0.05, 0.1) is 29.0 Å². The average molecular weight is 453 g/mol. The first-order valence-corrected chi connectivity index (χ1v) is 11.3. The highest BCUT2D eigenvalue weighted by Crippen LogP contribution is 2.45. The monoisotopic (exact) mass is 452 g/mol. The van der Waals surface area contributed by atoms with Crippen molar-refractivity contribution in [2.45, 2.75) is 19.1 Å². The van der Waals surface area contributed by atoms with E-state index in [2.05, 4.69) is 5.32 Å². The third-order valence-electron chi connectivity index (χ3n) is 4.95. The summed E-state index contributed by atoms with van der Waals surface area (Å²) in [6.07, 6.45) is 0. The maximum Gasteiger partial charge on any atom is 0.255 e. The Morgan fingerprint density at radius 1 is 1.22 bits per heavy atom. The van der Waals surface area contributed by atoms with Gasteiger partial charge in [-0.1, -0.05) is 24.3 Å². The Hall–Kier alpha value is -3.46. The van der Waals surface area contributed by atoms with Crippen LogP contribution in [0.15, 0.2) is 48.5 Å². The number of para-hydroxylation sites is 1. The minimum absolute atomic E-state index is 0.0812. The van der Waals surface area contributed by atoms with Crippen molar-refractivity contribution >= 4 is 29.4 Å². The molecule has 3 aromatic rings. The van der Waals surface area contributed by atoms with E-state index in [1.54, 1.807) is 10.7 Å². The smallest absolute Gasteiger partial charge is 0.255 e. The molecule has 0 fully saturated rings. The fourth-order valence-electron chi connectivity index (χ4n) is 3.63. The molecule has 0 spiro atoms. The van der Waals surface area contributed by atoms with Crippen LogP contribution < -0.4 is 20.5 Å². The van der Waals surface area contributed by atoms with Crippen LogP contribution in [0.5, 0.6) is 11.5 Å². The molecule has 1 atom stereocenters. The molecule has 0 aliphatic carbocycles. The zero-order chi connectivity index (χ0) is 22.7. The number of benzene rings is 2. The number of aryl methyl sites for hydroxylation is 1. The number of hydrogen-bond donors (Lipinski definition) is 2. The topological polar surface area (TPSA) is 108 Å². The van der Waals surface area contributed by atoms with E-state index in [1.165, 1.54) is 11.8 Å². The molecular weight excluding hydrogens is 428 g/mol. The highest BCUT2D eigenvalue weighted by molar-refractivity contribution is 8.00. The van der Waals surface area contributed by atoms with Gasteiger partial charge in [0, 0.05) is 5.56 Å². The van der Waals surface area contributed by atoms with E-state index in [0.29, 0.717) is 29.7 Å². The summed E-state index contributed by atoms with van der Waals surface area (Å²) < 4.78 is 13.0. The molecule has 32 heavy (non-hydrogen) atoms. The summed E-state index contributed by atoms with van der Waals surface area (Å²) in [6, 6.07) is 15.3. The second-order valence-electron chi connectivity index (χ2n) is 7.23. The lowest BCUT2D eigenvalue weighted by Gasteiger charge is -2.18. The van der Waals surface area contributed by atoms with E-state index < -0.39 is 5.91 Å². The molecule has 4 rings (SSSR count). The van der Waals surface area contributed by atoms with Crippen molar-refractivity contribution in [3.05, 3.63) is 65.4 Å². The van der Waals surface area contributed by atoms with Crippen LogP contribution in [-0.2, 0) is 9.59 Å². The third-order valence-corrected chi connectivity index (χ3v) is 6.22. The van der Waals surface area contributed by atoms with Gasteiger partial charge in [-0.25, -0.2) is 4.68 Å². The van der Waals surface area contributed by atoms with Crippen molar-refractivity contribution in [1.29, 1.82) is 0 Å². The fourth-order valence-corrected chi connectivity index (χ4v) is 4.81. The molecule has 8 nitrogen and oxygen atoms in total. The van der Waals surface area contributed by atoms with Crippen LogP contribution in [0.2, 0.25) is 0 Å². The zero-order valence-corrected chi connectivity index (χ0v) is 18.6. The predicted molar refractivity (Wildman–Crippen MR) is 124 cm³/mol. The first kappa shape index (κ1) is 21.8. The number of anilines is 1. The van der Waals surface area contributed by atoms with Crippen LogP contribution >= 0.6 is 11.8 Å². The van der Waals surface area contributed by atoms with E-state index in [4.69, 9.17) is 20.3 Å². The van der Waals surface area contributed by atoms with Gasteiger partial charge in [0.1, 0.15) is 5.82 Å². The van der Waals surface area contributed by atoms with E-state index in [1.807, 2.05) is 56.3 Å². The number of nitrogens with zero attached hydrogens (tertiary/aromatic N) is 2. The maximum atomic E-state index is 12.5. The normalized spacial score (nSPS) is 15.4. The first-order valence-electron chi connectivity index (χ1n) is 10.2. The largest absolute Gasteiger partial charge is 0.490 e. The quantitative estimate of drug-likeness (QED) is 0.570. The number of ether oxygens (including phenoxy) is 2. The van der Waals surface area contributed by atoms with Crippen LogP contribution in [0.4, 0.5) is 5.82 Å². The molecular formula is C23H24N4O4S. The highest BCUT2D eigenvalue weighted by Gasteiger charge is 2.31. The Morgan fingerprint density at radius 2 is 2.00 bits per heavy atom. The number of thioether (sulfide) groups is 1. The van der Waals surface area contributed by atoms with E-state index in [0.717, 1.165) is 22.5 Å². The Kier molecular flexibility index (Phi) is 6.36. The molecule has 0 unspecified atom stereocenters. The summed E-state index contributed by atoms with van der Waals surface area (Å²) in [6.45, 7) is 4.02. The summed E-state index contributed by atoms with van der Waals surface area (Å²) in [5.41, 5.74) is 8.79. The number of hydrogen-bond acceptors (Lipinski definition) is 6. The molecule has 2 amide bonds. The van der Waals surface area contributed by atoms with Gasteiger partial charge >= 0.3 is 0 Å². The number of carbonyl (C=O) groups is 2. The SMILES string of the molecule is CCOc1cc([C@H]2SCC(=O)Nc3c2c(C)nn3-c2ccccc2)ccc1OCC(N)=O. The minimum atomic E-state index is -0.561. The predicted octanol–water partition coefficient (Wildman–Crippen LogP) is 3.22. The van der Waals surface area contributed by atoms with Gasteiger partial charge in [-0.3, -0.25) is 9.59 Å². The lowest BCUT2D eigenvalue weighted by Crippen LogP contribution is -2.20. The molecule has 3 N–H and O–H groups in total. The summed E-state index contributed by atoms with van der Waals surface area (Å²) in [7, 11) is 0. The van der Waals surface area contributed by atoms with Crippen LogP contribution in [0.25, 0.3) is 5.69 Å². The lowest BCUT2D eigenvalue weighted by molar-refractivity contribution is -0.120. The highest BCUT2D eigenvalue weighted by atomic mass is 32.2. The molecule has 1 aliphatic heterocycles. The molecule has 1 aromatic heterocycles. The Balaban J connectivity index is 1.78. The lowest BCUT2D eigenvalue weighted by atomic mass is 10.0. The molecule has 1 aliphatic rings. The molecule has 0 saturated carbocycles. The first-order chi connectivity index (χ1) is 15.5. The van der Waals surface area contributed by atoms with Crippen molar-refractivity contribution < 1.29 is 19.1 Å². The molecule has 0 radical (unpaired) electrons. The van der Waals surface area contributed by atoms with Gasteiger partial charge in [-0.05, 0) is 43.7 Å². The van der Waals surface area contributed by atoms with Crippen molar-refractivity contribution in [3.63, 3.8) is 0 Å². The Morgan fingerprint density at radius 3 is 2.72 bits per heavy atom. The molecule has 2 heterocycles. The van der Waals surface area contributed by atoms with Crippen molar-refractivity contribution in [2.75, 3.05) is 24.3 Å². The number of amides is 2. The van der Waals surface area contributed by atoms with Gasteiger partial charge in [0.25, 0.3) is 5.91 Å². The van der Waals surface area contributed by atoms with Crippen LogP contribution in [0, 0.1) is 6.92 Å². The van der Waals surface area contributed by atoms with E-state index in [-0.39, 0.29) is 17.8 Å². The molecule has 0 saturated heterocycles. The number of nitrogens with one attached hydrogen (secondary N) is 1. The summed E-state index contributed by atoms with van der Waals surface area (Å²) in [4.78, 5) is 23.7. The number of rotatable bonds is 7. The van der Waals surface area contributed by atoms with Crippen molar-refractivity contribution in [3.8, 4) is 17.2 Å². The summed E-state index contributed by atoms with van der Waals surface area (Å²) >= 11 is 1.53. The molecule has 0 bridgehead atoms.